The summed E-state index contributed by atoms with van der Waals surface area (Å²) < 4.78 is 11.0. The molecular formula is C25H35N3O2S. The Balaban J connectivity index is 1.61. The highest BCUT2D eigenvalue weighted by Crippen LogP contribution is 2.17. The van der Waals surface area contributed by atoms with E-state index in [0.29, 0.717) is 6.61 Å². The van der Waals surface area contributed by atoms with Crippen molar-refractivity contribution in [2.75, 3.05) is 51.3 Å². The average Bonchev–Trinajstić information content (AvgIpc) is 2.81. The van der Waals surface area contributed by atoms with Gasteiger partial charge in [-0.15, -0.1) is 0 Å². The molecule has 3 rings (SSSR count). The van der Waals surface area contributed by atoms with Crippen molar-refractivity contribution in [1.29, 1.82) is 0 Å². The number of benzene rings is 2. The first-order valence-corrected chi connectivity index (χ1v) is 11.8. The van der Waals surface area contributed by atoms with Crippen LogP contribution in [0.4, 0.5) is 5.69 Å². The third-order valence-electron chi connectivity index (χ3n) is 5.51. The summed E-state index contributed by atoms with van der Waals surface area (Å²) in [5.74, 6) is 0.873. The fourth-order valence-electron chi connectivity index (χ4n) is 3.67. The van der Waals surface area contributed by atoms with Gasteiger partial charge in [0.2, 0.25) is 0 Å². The van der Waals surface area contributed by atoms with E-state index >= 15 is 0 Å². The van der Waals surface area contributed by atoms with Crippen LogP contribution in [-0.4, -0.2) is 60.9 Å². The molecule has 1 N–H and O–H groups in total. The van der Waals surface area contributed by atoms with Crippen molar-refractivity contribution >= 4 is 23.0 Å². The fraction of sp³-hybridized carbons (Fsp3) is 0.480. The van der Waals surface area contributed by atoms with Gasteiger partial charge in [0.15, 0.2) is 5.11 Å². The topological polar surface area (TPSA) is 37.0 Å². The molecular weight excluding hydrogens is 406 g/mol. The third-order valence-corrected chi connectivity index (χ3v) is 5.87. The summed E-state index contributed by atoms with van der Waals surface area (Å²) in [6, 6.07) is 16.8. The maximum absolute atomic E-state index is 5.81. The molecule has 0 aliphatic carbocycles. The Kier molecular flexibility index (Phi) is 9.59. The number of anilines is 1. The number of nitrogens with zero attached hydrogens (tertiary/aromatic N) is 2. The van der Waals surface area contributed by atoms with Gasteiger partial charge in [-0.05, 0) is 67.4 Å². The highest BCUT2D eigenvalue weighted by atomic mass is 32.1. The molecule has 31 heavy (non-hydrogen) atoms. The van der Waals surface area contributed by atoms with Gasteiger partial charge in [-0.25, -0.2) is 0 Å². The Bertz CT molecular complexity index is 789. The number of ether oxygens (including phenoxy) is 2. The Morgan fingerprint density at radius 3 is 2.35 bits per heavy atom. The van der Waals surface area contributed by atoms with Gasteiger partial charge in [-0.2, -0.15) is 0 Å². The summed E-state index contributed by atoms with van der Waals surface area (Å²) in [7, 11) is 0. The van der Waals surface area contributed by atoms with Crippen LogP contribution in [0.25, 0.3) is 0 Å². The first-order chi connectivity index (χ1) is 15.2. The number of hydrogen-bond acceptors (Lipinski definition) is 4. The average molecular weight is 442 g/mol. The zero-order valence-corrected chi connectivity index (χ0v) is 19.6. The van der Waals surface area contributed by atoms with Crippen LogP contribution in [-0.2, 0) is 17.7 Å². The lowest BCUT2D eigenvalue weighted by molar-refractivity contribution is 0.0368. The molecule has 0 atom stereocenters. The first kappa shape index (κ1) is 23.5. The van der Waals surface area contributed by atoms with Gasteiger partial charge >= 0.3 is 0 Å². The van der Waals surface area contributed by atoms with Crippen molar-refractivity contribution in [3.63, 3.8) is 0 Å². The lowest BCUT2D eigenvalue weighted by Gasteiger charge is -2.29. The largest absolute Gasteiger partial charge is 0.494 e. The SMILES string of the molecule is CCOc1ccc(NC(=S)N(CCCN2CCOCC2)Cc2ccc(CC)cc2)cc1. The minimum absolute atomic E-state index is 0.666. The Labute approximate surface area is 192 Å². The fourth-order valence-corrected chi connectivity index (χ4v) is 3.94. The molecule has 1 aliphatic rings. The molecule has 2 aromatic rings. The van der Waals surface area contributed by atoms with E-state index in [9.17, 15) is 0 Å². The van der Waals surface area contributed by atoms with Crippen molar-refractivity contribution in [2.45, 2.75) is 33.2 Å². The minimum Gasteiger partial charge on any atom is -0.494 e. The summed E-state index contributed by atoms with van der Waals surface area (Å²) >= 11 is 5.81. The standard InChI is InChI=1S/C25H35N3O2S/c1-3-21-6-8-22(9-7-21)20-28(15-5-14-27-16-18-29-19-17-27)25(31)26-23-10-12-24(13-11-23)30-4-2/h6-13H,3-5,14-20H2,1-2H3,(H,26,31). The number of aryl methyl sites for hydroxylation is 1. The summed E-state index contributed by atoms with van der Waals surface area (Å²) in [5, 5.41) is 4.17. The maximum Gasteiger partial charge on any atom is 0.173 e. The molecule has 0 radical (unpaired) electrons. The van der Waals surface area contributed by atoms with Gasteiger partial charge in [-0.1, -0.05) is 31.2 Å². The molecule has 0 amide bonds. The summed E-state index contributed by atoms with van der Waals surface area (Å²) in [5.41, 5.74) is 3.62. The summed E-state index contributed by atoms with van der Waals surface area (Å²) in [6.07, 6.45) is 2.12. The predicted octanol–water partition coefficient (Wildman–Crippen LogP) is 4.57. The Morgan fingerprint density at radius 1 is 1.03 bits per heavy atom. The molecule has 1 aliphatic heterocycles. The first-order valence-electron chi connectivity index (χ1n) is 11.3. The van der Waals surface area contributed by atoms with Crippen molar-refractivity contribution in [2.24, 2.45) is 0 Å². The van der Waals surface area contributed by atoms with Crippen LogP contribution in [0.15, 0.2) is 48.5 Å². The molecule has 0 spiro atoms. The van der Waals surface area contributed by atoms with Crippen LogP contribution in [0.2, 0.25) is 0 Å². The molecule has 6 heteroatoms. The van der Waals surface area contributed by atoms with Crippen LogP contribution in [0.5, 0.6) is 5.75 Å². The summed E-state index contributed by atoms with van der Waals surface area (Å²) in [4.78, 5) is 4.74. The molecule has 5 nitrogen and oxygen atoms in total. The second kappa shape index (κ2) is 12.6. The molecule has 0 unspecified atom stereocenters. The summed E-state index contributed by atoms with van der Waals surface area (Å²) in [6.45, 7) is 11.3. The third kappa shape index (κ3) is 7.80. The number of morpholine rings is 1. The predicted molar refractivity (Wildman–Crippen MR) is 132 cm³/mol. The lowest BCUT2D eigenvalue weighted by atomic mass is 10.1. The minimum atomic E-state index is 0.666. The number of hydrogen-bond donors (Lipinski definition) is 1. The van der Waals surface area contributed by atoms with Crippen LogP contribution in [0.1, 0.15) is 31.4 Å². The normalized spacial score (nSPS) is 14.3. The monoisotopic (exact) mass is 441 g/mol. The van der Waals surface area contributed by atoms with E-state index in [1.807, 2.05) is 31.2 Å². The lowest BCUT2D eigenvalue weighted by Crippen LogP contribution is -2.40. The van der Waals surface area contributed by atoms with E-state index in [1.165, 1.54) is 11.1 Å². The van der Waals surface area contributed by atoms with Gasteiger partial charge in [0.1, 0.15) is 5.75 Å². The quantitative estimate of drug-likeness (QED) is 0.545. The van der Waals surface area contributed by atoms with Gasteiger partial charge in [0, 0.05) is 38.4 Å². The molecule has 2 aromatic carbocycles. The maximum atomic E-state index is 5.81. The zero-order valence-electron chi connectivity index (χ0n) is 18.8. The van der Waals surface area contributed by atoms with Crippen LogP contribution < -0.4 is 10.1 Å². The van der Waals surface area contributed by atoms with Gasteiger partial charge < -0.3 is 19.7 Å². The molecule has 0 saturated carbocycles. The highest BCUT2D eigenvalue weighted by molar-refractivity contribution is 7.80. The zero-order chi connectivity index (χ0) is 21.9. The highest BCUT2D eigenvalue weighted by Gasteiger charge is 2.14. The number of rotatable bonds is 10. The molecule has 1 saturated heterocycles. The Hall–Kier alpha value is -2.15. The molecule has 0 aromatic heterocycles. The van der Waals surface area contributed by atoms with Crippen LogP contribution in [0.3, 0.4) is 0 Å². The number of nitrogens with one attached hydrogen (secondary N) is 1. The Morgan fingerprint density at radius 2 is 1.71 bits per heavy atom. The van der Waals surface area contributed by atoms with E-state index in [-0.39, 0.29) is 0 Å². The molecule has 0 bridgehead atoms. The van der Waals surface area contributed by atoms with Gasteiger partial charge in [0.25, 0.3) is 0 Å². The van der Waals surface area contributed by atoms with E-state index < -0.39 is 0 Å². The molecule has 168 valence electrons. The van der Waals surface area contributed by atoms with Crippen LogP contribution in [0, 0.1) is 0 Å². The van der Waals surface area contributed by atoms with E-state index in [0.717, 1.165) is 75.3 Å². The van der Waals surface area contributed by atoms with Crippen molar-refractivity contribution < 1.29 is 9.47 Å². The van der Waals surface area contributed by atoms with Crippen molar-refractivity contribution in [3.05, 3.63) is 59.7 Å². The van der Waals surface area contributed by atoms with Crippen molar-refractivity contribution in [3.8, 4) is 5.75 Å². The van der Waals surface area contributed by atoms with E-state index in [2.05, 4.69) is 46.3 Å². The molecule has 1 fully saturated rings. The second-order valence-electron chi connectivity index (χ2n) is 7.79. The van der Waals surface area contributed by atoms with E-state index in [4.69, 9.17) is 21.7 Å². The smallest absolute Gasteiger partial charge is 0.173 e. The van der Waals surface area contributed by atoms with Crippen molar-refractivity contribution in [1.82, 2.24) is 9.80 Å². The number of thiocarbonyl (C=S) groups is 1. The van der Waals surface area contributed by atoms with E-state index in [1.54, 1.807) is 0 Å². The van der Waals surface area contributed by atoms with Crippen LogP contribution >= 0.6 is 12.2 Å². The second-order valence-corrected chi connectivity index (χ2v) is 8.17. The molecule has 1 heterocycles. The van der Waals surface area contributed by atoms with Gasteiger partial charge in [0.05, 0.1) is 19.8 Å². The van der Waals surface area contributed by atoms with Gasteiger partial charge in [-0.3, -0.25) is 4.90 Å².